The summed E-state index contributed by atoms with van der Waals surface area (Å²) in [6.07, 6.45) is 0. The zero-order valence-corrected chi connectivity index (χ0v) is 13.3. The van der Waals surface area contributed by atoms with Gasteiger partial charge in [-0.1, -0.05) is 34.1 Å². The molecule has 102 valence electrons. The van der Waals surface area contributed by atoms with Gasteiger partial charge >= 0.3 is 0 Å². The standard InChI is InChI=1S/C14H19BrN4/c1-5-16-10(3)14-11(4)19(18-17-14)13-8-12(15)7-6-9(13)2/h6-8,10,16H,5H2,1-4H3. The van der Waals surface area contributed by atoms with Gasteiger partial charge in [0.25, 0.3) is 0 Å². The van der Waals surface area contributed by atoms with E-state index in [1.165, 1.54) is 5.56 Å². The number of nitrogens with one attached hydrogen (secondary N) is 1. The van der Waals surface area contributed by atoms with Gasteiger partial charge in [0.2, 0.25) is 0 Å². The fourth-order valence-electron chi connectivity index (χ4n) is 2.18. The molecule has 2 rings (SSSR count). The van der Waals surface area contributed by atoms with E-state index in [0.29, 0.717) is 0 Å². The van der Waals surface area contributed by atoms with Gasteiger partial charge in [0.15, 0.2) is 0 Å². The molecular formula is C14H19BrN4. The number of aryl methyl sites for hydroxylation is 1. The molecule has 0 spiro atoms. The lowest BCUT2D eigenvalue weighted by atomic mass is 10.1. The third-order valence-electron chi connectivity index (χ3n) is 3.25. The van der Waals surface area contributed by atoms with Gasteiger partial charge < -0.3 is 5.32 Å². The smallest absolute Gasteiger partial charge is 0.103 e. The van der Waals surface area contributed by atoms with E-state index in [1.807, 2.05) is 10.7 Å². The molecule has 19 heavy (non-hydrogen) atoms. The maximum absolute atomic E-state index is 4.32. The molecule has 5 heteroatoms. The SMILES string of the molecule is CCNC(C)c1nnn(-c2cc(Br)ccc2C)c1C. The van der Waals surface area contributed by atoms with Crippen molar-refractivity contribution in [1.29, 1.82) is 0 Å². The average molecular weight is 323 g/mol. The molecule has 0 fully saturated rings. The van der Waals surface area contributed by atoms with Crippen LogP contribution in [0.15, 0.2) is 22.7 Å². The van der Waals surface area contributed by atoms with Crippen molar-refractivity contribution in [3.63, 3.8) is 0 Å². The molecule has 4 nitrogen and oxygen atoms in total. The molecule has 1 heterocycles. The summed E-state index contributed by atoms with van der Waals surface area (Å²) in [5, 5.41) is 12.0. The summed E-state index contributed by atoms with van der Waals surface area (Å²) < 4.78 is 2.95. The number of rotatable bonds is 4. The van der Waals surface area contributed by atoms with Crippen molar-refractivity contribution in [2.45, 2.75) is 33.7 Å². The first kappa shape index (κ1) is 14.2. The molecule has 1 aromatic carbocycles. The molecule has 2 aromatic rings. The highest BCUT2D eigenvalue weighted by atomic mass is 79.9. The molecule has 0 saturated carbocycles. The van der Waals surface area contributed by atoms with Crippen LogP contribution in [0.5, 0.6) is 0 Å². The van der Waals surface area contributed by atoms with Gasteiger partial charge in [-0.15, -0.1) is 5.10 Å². The Morgan fingerprint density at radius 2 is 2.11 bits per heavy atom. The molecule has 0 bridgehead atoms. The molecule has 0 saturated heterocycles. The van der Waals surface area contributed by atoms with E-state index in [4.69, 9.17) is 0 Å². The minimum absolute atomic E-state index is 0.214. The Balaban J connectivity index is 2.44. The van der Waals surface area contributed by atoms with Gasteiger partial charge in [-0.3, -0.25) is 0 Å². The maximum Gasteiger partial charge on any atom is 0.103 e. The van der Waals surface area contributed by atoms with Gasteiger partial charge in [-0.25, -0.2) is 4.68 Å². The summed E-state index contributed by atoms with van der Waals surface area (Å²) in [5.41, 5.74) is 4.32. The van der Waals surface area contributed by atoms with Crippen LogP contribution in [0, 0.1) is 13.8 Å². The maximum atomic E-state index is 4.32. The summed E-state index contributed by atoms with van der Waals surface area (Å²) in [4.78, 5) is 0. The highest BCUT2D eigenvalue weighted by molar-refractivity contribution is 9.10. The van der Waals surface area contributed by atoms with Crippen LogP contribution in [-0.4, -0.2) is 21.5 Å². The third-order valence-corrected chi connectivity index (χ3v) is 3.74. The van der Waals surface area contributed by atoms with E-state index in [-0.39, 0.29) is 6.04 Å². The largest absolute Gasteiger partial charge is 0.309 e. The Morgan fingerprint density at radius 1 is 1.37 bits per heavy atom. The van der Waals surface area contributed by atoms with Crippen molar-refractivity contribution < 1.29 is 0 Å². The molecule has 0 aliphatic rings. The minimum atomic E-state index is 0.214. The van der Waals surface area contributed by atoms with Gasteiger partial charge in [0, 0.05) is 4.47 Å². The van der Waals surface area contributed by atoms with Crippen molar-refractivity contribution in [3.05, 3.63) is 39.6 Å². The first-order valence-corrected chi connectivity index (χ1v) is 7.26. The lowest BCUT2D eigenvalue weighted by Gasteiger charge is -2.11. The van der Waals surface area contributed by atoms with Crippen molar-refractivity contribution in [3.8, 4) is 5.69 Å². The van der Waals surface area contributed by atoms with E-state index in [0.717, 1.165) is 28.1 Å². The molecule has 0 radical (unpaired) electrons. The van der Waals surface area contributed by atoms with E-state index in [1.54, 1.807) is 0 Å². The van der Waals surface area contributed by atoms with Crippen LogP contribution < -0.4 is 5.32 Å². The van der Waals surface area contributed by atoms with Crippen molar-refractivity contribution in [2.75, 3.05) is 6.54 Å². The first-order valence-electron chi connectivity index (χ1n) is 6.46. The molecule has 1 N–H and O–H groups in total. The fourth-order valence-corrected chi connectivity index (χ4v) is 2.53. The highest BCUT2D eigenvalue weighted by Gasteiger charge is 2.16. The predicted molar refractivity (Wildman–Crippen MR) is 80.6 cm³/mol. The molecular weight excluding hydrogens is 304 g/mol. The van der Waals surface area contributed by atoms with E-state index < -0.39 is 0 Å². The molecule has 1 unspecified atom stereocenters. The lowest BCUT2D eigenvalue weighted by Crippen LogP contribution is -2.19. The Kier molecular flexibility index (Phi) is 4.37. The number of aromatic nitrogens is 3. The van der Waals surface area contributed by atoms with Crippen LogP contribution in [0.3, 0.4) is 0 Å². The average Bonchev–Trinajstić information content (AvgIpc) is 2.74. The number of hydrogen-bond donors (Lipinski definition) is 1. The van der Waals surface area contributed by atoms with E-state index in [9.17, 15) is 0 Å². The van der Waals surface area contributed by atoms with Gasteiger partial charge in [-0.2, -0.15) is 0 Å². The molecule has 0 aliphatic carbocycles. The number of halogens is 1. The first-order chi connectivity index (χ1) is 9.04. The highest BCUT2D eigenvalue weighted by Crippen LogP contribution is 2.23. The Bertz CT molecular complexity index is 577. The molecule has 0 aliphatic heterocycles. The number of hydrogen-bond acceptors (Lipinski definition) is 3. The zero-order chi connectivity index (χ0) is 14.0. The fraction of sp³-hybridized carbons (Fsp3) is 0.429. The van der Waals surface area contributed by atoms with Crippen molar-refractivity contribution in [2.24, 2.45) is 0 Å². The Hall–Kier alpha value is -1.20. The second-order valence-corrected chi connectivity index (χ2v) is 5.60. The second-order valence-electron chi connectivity index (χ2n) is 4.68. The lowest BCUT2D eigenvalue weighted by molar-refractivity contribution is 0.579. The van der Waals surface area contributed by atoms with Crippen LogP contribution in [0.4, 0.5) is 0 Å². The normalized spacial score (nSPS) is 12.7. The van der Waals surface area contributed by atoms with Crippen LogP contribution in [0.1, 0.15) is 36.8 Å². The summed E-state index contributed by atoms with van der Waals surface area (Å²) in [7, 11) is 0. The summed E-state index contributed by atoms with van der Waals surface area (Å²) in [6.45, 7) is 9.26. The van der Waals surface area contributed by atoms with E-state index in [2.05, 4.69) is 71.4 Å². The van der Waals surface area contributed by atoms with E-state index >= 15 is 0 Å². The van der Waals surface area contributed by atoms with Crippen LogP contribution in [0.25, 0.3) is 5.69 Å². The van der Waals surface area contributed by atoms with Crippen molar-refractivity contribution >= 4 is 15.9 Å². The van der Waals surface area contributed by atoms with Crippen LogP contribution in [-0.2, 0) is 0 Å². The van der Waals surface area contributed by atoms with Gasteiger partial charge in [-0.05, 0) is 45.0 Å². The van der Waals surface area contributed by atoms with Gasteiger partial charge in [0.05, 0.1) is 17.4 Å². The number of benzene rings is 1. The van der Waals surface area contributed by atoms with Crippen LogP contribution in [0.2, 0.25) is 0 Å². The Morgan fingerprint density at radius 3 is 2.79 bits per heavy atom. The molecule has 1 aromatic heterocycles. The van der Waals surface area contributed by atoms with Gasteiger partial charge in [0.1, 0.15) is 5.69 Å². The third kappa shape index (κ3) is 2.87. The topological polar surface area (TPSA) is 42.7 Å². The summed E-state index contributed by atoms with van der Waals surface area (Å²) in [5.74, 6) is 0. The molecule has 0 amide bonds. The van der Waals surface area contributed by atoms with Crippen molar-refractivity contribution in [1.82, 2.24) is 20.3 Å². The second kappa shape index (κ2) is 5.84. The summed E-state index contributed by atoms with van der Waals surface area (Å²) >= 11 is 3.50. The Labute approximate surface area is 122 Å². The predicted octanol–water partition coefficient (Wildman–Crippen LogP) is 3.32. The minimum Gasteiger partial charge on any atom is -0.309 e. The molecule has 1 atom stereocenters. The number of nitrogens with zero attached hydrogens (tertiary/aromatic N) is 3. The monoisotopic (exact) mass is 322 g/mol. The zero-order valence-electron chi connectivity index (χ0n) is 11.7. The quantitative estimate of drug-likeness (QED) is 0.939. The van der Waals surface area contributed by atoms with Crippen LogP contribution >= 0.6 is 15.9 Å². The summed E-state index contributed by atoms with van der Waals surface area (Å²) in [6, 6.07) is 6.39.